The lowest BCUT2D eigenvalue weighted by atomic mass is 10.1. The molecule has 0 spiro atoms. The smallest absolute Gasteiger partial charge is 0.154 e. The molecule has 0 bridgehead atoms. The fraction of sp³-hybridized carbons (Fsp3) is 0.0625. The molecule has 0 amide bonds. The second-order valence-corrected chi connectivity index (χ2v) is 6.07. The lowest BCUT2D eigenvalue weighted by Gasteiger charge is -2.04. The second kappa shape index (κ2) is 6.14. The van der Waals surface area contributed by atoms with Gasteiger partial charge in [0.25, 0.3) is 0 Å². The maximum Gasteiger partial charge on any atom is 0.154 e. The van der Waals surface area contributed by atoms with E-state index < -0.39 is 0 Å². The van der Waals surface area contributed by atoms with Gasteiger partial charge in [-0.2, -0.15) is 0 Å². The van der Waals surface area contributed by atoms with Gasteiger partial charge in [-0.3, -0.25) is 4.79 Å². The summed E-state index contributed by atoms with van der Waals surface area (Å²) in [6.07, 6.45) is 2.68. The van der Waals surface area contributed by atoms with Gasteiger partial charge in [-0.25, -0.2) is 4.39 Å². The third-order valence-electron chi connectivity index (χ3n) is 3.25. The highest BCUT2D eigenvalue weighted by Gasteiger charge is 2.17. The number of aldehydes is 1. The molecule has 0 aliphatic carbocycles. The van der Waals surface area contributed by atoms with Crippen LogP contribution in [0.4, 0.5) is 10.1 Å². The summed E-state index contributed by atoms with van der Waals surface area (Å²) < 4.78 is 22.9. The number of furan rings is 1. The van der Waals surface area contributed by atoms with E-state index in [0.717, 1.165) is 16.4 Å². The van der Waals surface area contributed by atoms with Crippen LogP contribution >= 0.6 is 27.9 Å². The van der Waals surface area contributed by atoms with Gasteiger partial charge in [0.1, 0.15) is 17.2 Å². The molecule has 112 valence electrons. The Morgan fingerprint density at radius 1 is 1.27 bits per heavy atom. The van der Waals surface area contributed by atoms with E-state index in [1.54, 1.807) is 12.1 Å². The lowest BCUT2D eigenvalue weighted by Crippen LogP contribution is -1.87. The number of carbonyl (C=O) groups excluding carboxylic acids is 1. The van der Waals surface area contributed by atoms with Crippen LogP contribution in [0.3, 0.4) is 0 Å². The minimum absolute atomic E-state index is 0.332. The molecule has 0 saturated carbocycles. The van der Waals surface area contributed by atoms with Crippen LogP contribution in [-0.4, -0.2) is 12.5 Å². The van der Waals surface area contributed by atoms with Crippen molar-refractivity contribution in [3.8, 4) is 11.3 Å². The average Bonchev–Trinajstić information content (AvgIpc) is 2.86. The molecule has 2 aromatic carbocycles. The van der Waals surface area contributed by atoms with E-state index in [-0.39, 0.29) is 5.82 Å². The minimum Gasteiger partial charge on any atom is -0.455 e. The van der Waals surface area contributed by atoms with E-state index in [0.29, 0.717) is 27.9 Å². The maximum absolute atomic E-state index is 13.1. The fourth-order valence-corrected chi connectivity index (χ4v) is 3.22. The monoisotopic (exact) mass is 379 g/mol. The number of nitrogens with one attached hydrogen (secondary N) is 1. The van der Waals surface area contributed by atoms with Crippen molar-refractivity contribution in [3.63, 3.8) is 0 Å². The quantitative estimate of drug-likeness (QED) is 0.479. The number of hydrogen-bond acceptors (Lipinski definition) is 4. The number of halogens is 2. The van der Waals surface area contributed by atoms with Gasteiger partial charge in [0.2, 0.25) is 0 Å². The molecular weight excluding hydrogens is 369 g/mol. The molecule has 0 fully saturated rings. The van der Waals surface area contributed by atoms with Crippen LogP contribution in [0.2, 0.25) is 0 Å². The van der Waals surface area contributed by atoms with Crippen LogP contribution in [0.1, 0.15) is 10.4 Å². The highest BCUT2D eigenvalue weighted by Crippen LogP contribution is 2.37. The van der Waals surface area contributed by atoms with E-state index in [1.807, 2.05) is 18.4 Å². The van der Waals surface area contributed by atoms with Crippen molar-refractivity contribution in [2.24, 2.45) is 0 Å². The zero-order chi connectivity index (χ0) is 15.7. The van der Waals surface area contributed by atoms with E-state index in [2.05, 4.69) is 20.7 Å². The van der Waals surface area contributed by atoms with Crippen LogP contribution in [0, 0.1) is 5.82 Å². The van der Waals surface area contributed by atoms with Crippen molar-refractivity contribution >= 4 is 50.8 Å². The van der Waals surface area contributed by atoms with Crippen molar-refractivity contribution in [3.05, 3.63) is 52.3 Å². The molecule has 1 N–H and O–H groups in total. The Bertz CT molecular complexity index is 845. The van der Waals surface area contributed by atoms with E-state index in [1.165, 1.54) is 24.1 Å². The Balaban J connectivity index is 2.22. The van der Waals surface area contributed by atoms with Crippen molar-refractivity contribution in [2.45, 2.75) is 0 Å². The lowest BCUT2D eigenvalue weighted by molar-refractivity contribution is 0.112. The molecule has 6 heteroatoms. The van der Waals surface area contributed by atoms with E-state index in [4.69, 9.17) is 4.42 Å². The highest BCUT2D eigenvalue weighted by molar-refractivity contribution is 9.10. The molecule has 3 rings (SSSR count). The van der Waals surface area contributed by atoms with E-state index in [9.17, 15) is 9.18 Å². The molecule has 0 aliphatic rings. The largest absolute Gasteiger partial charge is 0.455 e. The van der Waals surface area contributed by atoms with Crippen molar-refractivity contribution in [1.29, 1.82) is 0 Å². The molecule has 0 saturated heterocycles. The number of hydrogen-bond donors (Lipinski definition) is 1. The van der Waals surface area contributed by atoms with Gasteiger partial charge in [-0.15, -0.1) is 0 Å². The number of rotatable bonds is 4. The third-order valence-corrected chi connectivity index (χ3v) is 4.33. The summed E-state index contributed by atoms with van der Waals surface area (Å²) in [4.78, 5) is 11.5. The van der Waals surface area contributed by atoms with Crippen molar-refractivity contribution in [2.75, 3.05) is 11.0 Å². The van der Waals surface area contributed by atoms with Gasteiger partial charge in [-0.1, -0.05) is 11.9 Å². The summed E-state index contributed by atoms with van der Waals surface area (Å²) >= 11 is 4.93. The Morgan fingerprint density at radius 3 is 2.64 bits per heavy atom. The Kier molecular flexibility index (Phi) is 4.22. The van der Waals surface area contributed by atoms with Crippen LogP contribution in [-0.2, 0) is 0 Å². The molecular formula is C16H11BrFNO2S. The molecule has 1 aromatic heterocycles. The standard InChI is InChI=1S/C16H11BrFNO2S/c1-22-19-14-7-15-11(6-13(14)17)12(8-20)16(21-15)9-2-4-10(18)5-3-9/h2-8,19H,1H3. The first-order chi connectivity index (χ1) is 10.6. The zero-order valence-electron chi connectivity index (χ0n) is 11.5. The van der Waals surface area contributed by atoms with Crippen molar-refractivity contribution < 1.29 is 13.6 Å². The van der Waals surface area contributed by atoms with Gasteiger partial charge in [0, 0.05) is 27.7 Å². The van der Waals surface area contributed by atoms with Gasteiger partial charge in [0.05, 0.1) is 11.3 Å². The Morgan fingerprint density at radius 2 is 2.00 bits per heavy atom. The first kappa shape index (κ1) is 15.1. The summed E-state index contributed by atoms with van der Waals surface area (Å²) in [7, 11) is 0. The van der Waals surface area contributed by atoms with Gasteiger partial charge in [0.15, 0.2) is 6.29 Å². The number of benzene rings is 2. The van der Waals surface area contributed by atoms with Gasteiger partial charge >= 0.3 is 0 Å². The predicted molar refractivity (Wildman–Crippen MR) is 91.8 cm³/mol. The molecule has 0 aliphatic heterocycles. The number of anilines is 1. The van der Waals surface area contributed by atoms with Crippen LogP contribution in [0.5, 0.6) is 0 Å². The van der Waals surface area contributed by atoms with Crippen LogP contribution in [0.15, 0.2) is 45.3 Å². The fourth-order valence-electron chi connectivity index (χ4n) is 2.26. The molecule has 3 nitrogen and oxygen atoms in total. The number of fused-ring (bicyclic) bond motifs is 1. The third kappa shape index (κ3) is 2.64. The topological polar surface area (TPSA) is 42.2 Å². The second-order valence-electron chi connectivity index (χ2n) is 4.60. The zero-order valence-corrected chi connectivity index (χ0v) is 13.9. The number of carbonyl (C=O) groups is 1. The van der Waals surface area contributed by atoms with Crippen molar-refractivity contribution in [1.82, 2.24) is 0 Å². The summed E-state index contributed by atoms with van der Waals surface area (Å²) in [5, 5.41) is 0.716. The Hall–Kier alpha value is -1.79. The summed E-state index contributed by atoms with van der Waals surface area (Å²) in [6, 6.07) is 9.54. The summed E-state index contributed by atoms with van der Waals surface area (Å²) in [5.74, 6) is 0.111. The SMILES string of the molecule is CSNc1cc2oc(-c3ccc(F)cc3)c(C=O)c2cc1Br. The maximum atomic E-state index is 13.1. The summed E-state index contributed by atoms with van der Waals surface area (Å²) in [6.45, 7) is 0. The normalized spacial score (nSPS) is 10.9. The van der Waals surface area contributed by atoms with E-state index >= 15 is 0 Å². The van der Waals surface area contributed by atoms with Crippen LogP contribution in [0.25, 0.3) is 22.3 Å². The van der Waals surface area contributed by atoms with Gasteiger partial charge < -0.3 is 9.14 Å². The first-order valence-corrected chi connectivity index (χ1v) is 8.42. The molecule has 22 heavy (non-hydrogen) atoms. The summed E-state index contributed by atoms with van der Waals surface area (Å²) in [5.41, 5.74) is 2.58. The first-order valence-electron chi connectivity index (χ1n) is 6.40. The molecule has 3 aromatic rings. The molecule has 1 heterocycles. The molecule has 0 unspecified atom stereocenters. The predicted octanol–water partition coefficient (Wildman–Crippen LogP) is 5.50. The molecule has 0 radical (unpaired) electrons. The minimum atomic E-state index is -0.332. The highest BCUT2D eigenvalue weighted by atomic mass is 79.9. The van der Waals surface area contributed by atoms with Gasteiger partial charge in [-0.05, 0) is 46.3 Å². The Labute approximate surface area is 139 Å². The molecule has 0 atom stereocenters. The van der Waals surface area contributed by atoms with Crippen LogP contribution < -0.4 is 4.72 Å². The average molecular weight is 380 g/mol.